The molecule has 1 unspecified atom stereocenters. The first-order chi connectivity index (χ1) is 13.6. The van der Waals surface area contributed by atoms with E-state index in [1.165, 1.54) is 0 Å². The Morgan fingerprint density at radius 3 is 2.29 bits per heavy atom. The molecule has 1 heterocycles. The third-order valence-electron chi connectivity index (χ3n) is 5.35. The van der Waals surface area contributed by atoms with E-state index < -0.39 is 0 Å². The molecule has 0 fully saturated rings. The van der Waals surface area contributed by atoms with Crippen molar-refractivity contribution in [1.82, 2.24) is 4.90 Å². The molecule has 0 N–H and O–H groups in total. The lowest BCUT2D eigenvalue weighted by molar-refractivity contribution is -0.0178. The minimum Gasteiger partial charge on any atom is -0.493 e. The molecule has 0 spiro atoms. The van der Waals surface area contributed by atoms with E-state index in [9.17, 15) is 0 Å². The van der Waals surface area contributed by atoms with Gasteiger partial charge in [0.15, 0.2) is 11.5 Å². The molecule has 0 amide bonds. The Labute approximate surface area is 166 Å². The van der Waals surface area contributed by atoms with Crippen molar-refractivity contribution < 1.29 is 23.7 Å². The molecule has 0 saturated carbocycles. The van der Waals surface area contributed by atoms with Gasteiger partial charge in [0.05, 0.1) is 46.7 Å². The summed E-state index contributed by atoms with van der Waals surface area (Å²) in [5, 5.41) is 0. The third-order valence-corrected chi connectivity index (χ3v) is 5.35. The van der Waals surface area contributed by atoms with Crippen LogP contribution in [0, 0.1) is 0 Å². The molecule has 0 aliphatic carbocycles. The van der Waals surface area contributed by atoms with Crippen molar-refractivity contribution in [3.05, 3.63) is 47.5 Å². The van der Waals surface area contributed by atoms with Gasteiger partial charge in [-0.15, -0.1) is 0 Å². The van der Waals surface area contributed by atoms with Gasteiger partial charge in [0.2, 0.25) is 5.75 Å². The molecule has 152 valence electrons. The smallest absolute Gasteiger partial charge is 0.203 e. The van der Waals surface area contributed by atoms with Gasteiger partial charge in [0.1, 0.15) is 5.75 Å². The summed E-state index contributed by atoms with van der Waals surface area (Å²) < 4.78 is 28.3. The number of rotatable bonds is 8. The largest absolute Gasteiger partial charge is 0.493 e. The van der Waals surface area contributed by atoms with Gasteiger partial charge >= 0.3 is 0 Å². The molecular formula is C22H29NO5. The van der Waals surface area contributed by atoms with Gasteiger partial charge in [0, 0.05) is 12.0 Å². The third kappa shape index (κ3) is 3.75. The Hall–Kier alpha value is -2.44. The second-order valence-electron chi connectivity index (χ2n) is 7.05. The fraction of sp³-hybridized carbons (Fsp3) is 0.455. The van der Waals surface area contributed by atoms with E-state index in [-0.39, 0.29) is 5.54 Å². The van der Waals surface area contributed by atoms with Crippen LogP contribution in [0.5, 0.6) is 23.0 Å². The van der Waals surface area contributed by atoms with Crippen molar-refractivity contribution >= 4 is 0 Å². The van der Waals surface area contributed by atoms with E-state index in [1.807, 2.05) is 30.3 Å². The van der Waals surface area contributed by atoms with Crippen molar-refractivity contribution in [3.8, 4) is 23.0 Å². The molecule has 1 aliphatic heterocycles. The van der Waals surface area contributed by atoms with E-state index in [1.54, 1.807) is 21.3 Å². The minimum atomic E-state index is -0.227. The van der Waals surface area contributed by atoms with Crippen LogP contribution in [0.15, 0.2) is 36.4 Å². The summed E-state index contributed by atoms with van der Waals surface area (Å²) in [4.78, 5) is 2.23. The average molecular weight is 387 g/mol. The van der Waals surface area contributed by atoms with Gasteiger partial charge in [-0.25, -0.2) is 0 Å². The van der Waals surface area contributed by atoms with E-state index in [0.717, 1.165) is 23.3 Å². The molecule has 6 nitrogen and oxygen atoms in total. The maximum Gasteiger partial charge on any atom is 0.203 e. The van der Waals surface area contributed by atoms with Gasteiger partial charge in [0.25, 0.3) is 0 Å². The first-order valence-corrected chi connectivity index (χ1v) is 9.32. The molecule has 6 heteroatoms. The van der Waals surface area contributed by atoms with Crippen molar-refractivity contribution in [3.63, 3.8) is 0 Å². The predicted octanol–water partition coefficient (Wildman–Crippen LogP) is 3.47. The van der Waals surface area contributed by atoms with Crippen LogP contribution in [0.25, 0.3) is 0 Å². The van der Waals surface area contributed by atoms with Crippen molar-refractivity contribution in [2.24, 2.45) is 0 Å². The van der Waals surface area contributed by atoms with E-state index >= 15 is 0 Å². The predicted molar refractivity (Wildman–Crippen MR) is 108 cm³/mol. The van der Waals surface area contributed by atoms with Gasteiger partial charge in [-0.1, -0.05) is 18.2 Å². The molecule has 0 aromatic heterocycles. The second kappa shape index (κ2) is 8.71. The molecule has 0 radical (unpaired) electrons. The number of fused-ring (bicyclic) bond motifs is 1. The number of ether oxygens (including phenoxy) is 5. The van der Waals surface area contributed by atoms with Crippen LogP contribution in [-0.4, -0.2) is 53.5 Å². The molecule has 1 atom stereocenters. The fourth-order valence-electron chi connectivity index (χ4n) is 3.74. The standard InChI is InChI=1S/C22H29NO5/c1-23(2)22(10-11-28-18-9-7-6-8-17(18)22)15-27-14-16-12-19(24-3)21(26-5)20(13-16)25-4/h6-9,12-13H,10-11,14-15H2,1-5H3. The Morgan fingerprint density at radius 2 is 1.68 bits per heavy atom. The quantitative estimate of drug-likeness (QED) is 0.691. The Morgan fingerprint density at radius 1 is 1.00 bits per heavy atom. The first-order valence-electron chi connectivity index (χ1n) is 9.32. The number of nitrogens with zero attached hydrogens (tertiary/aromatic N) is 1. The molecular weight excluding hydrogens is 358 g/mol. The summed E-state index contributed by atoms with van der Waals surface area (Å²) >= 11 is 0. The Bertz CT molecular complexity index is 782. The highest BCUT2D eigenvalue weighted by Gasteiger charge is 2.40. The summed E-state index contributed by atoms with van der Waals surface area (Å²) in [7, 11) is 9.00. The monoisotopic (exact) mass is 387 g/mol. The number of benzene rings is 2. The van der Waals surface area contributed by atoms with Crippen molar-refractivity contribution in [2.75, 3.05) is 48.6 Å². The fourth-order valence-corrected chi connectivity index (χ4v) is 3.74. The van der Waals surface area contributed by atoms with Gasteiger partial charge < -0.3 is 23.7 Å². The average Bonchev–Trinajstić information content (AvgIpc) is 2.72. The lowest BCUT2D eigenvalue weighted by Gasteiger charge is -2.43. The van der Waals surface area contributed by atoms with Crippen LogP contribution in [0.4, 0.5) is 0 Å². The second-order valence-corrected chi connectivity index (χ2v) is 7.05. The van der Waals surface area contributed by atoms with E-state index in [0.29, 0.717) is 37.1 Å². The Balaban J connectivity index is 1.80. The summed E-state index contributed by atoms with van der Waals surface area (Å²) in [6, 6.07) is 12.0. The summed E-state index contributed by atoms with van der Waals surface area (Å²) in [5.41, 5.74) is 1.90. The van der Waals surface area contributed by atoms with Crippen LogP contribution >= 0.6 is 0 Å². The van der Waals surface area contributed by atoms with Gasteiger partial charge in [-0.2, -0.15) is 0 Å². The zero-order valence-electron chi connectivity index (χ0n) is 17.3. The SMILES string of the molecule is COc1cc(COCC2(N(C)C)CCOc3ccccc32)cc(OC)c1OC. The molecule has 2 aromatic carbocycles. The van der Waals surface area contributed by atoms with Crippen LogP contribution in [0.1, 0.15) is 17.5 Å². The summed E-state index contributed by atoms with van der Waals surface area (Å²) in [6.07, 6.45) is 0.867. The number of para-hydroxylation sites is 1. The van der Waals surface area contributed by atoms with E-state index in [4.69, 9.17) is 23.7 Å². The molecule has 28 heavy (non-hydrogen) atoms. The normalized spacial score (nSPS) is 18.4. The molecule has 0 bridgehead atoms. The lowest BCUT2D eigenvalue weighted by atomic mass is 9.84. The van der Waals surface area contributed by atoms with Gasteiger partial charge in [-0.3, -0.25) is 4.90 Å². The lowest BCUT2D eigenvalue weighted by Crippen LogP contribution is -2.48. The maximum atomic E-state index is 6.20. The highest BCUT2D eigenvalue weighted by molar-refractivity contribution is 5.53. The molecule has 3 rings (SSSR count). The molecule has 0 saturated heterocycles. The number of hydrogen-bond donors (Lipinski definition) is 0. The first kappa shape index (κ1) is 20.3. The van der Waals surface area contributed by atoms with Crippen molar-refractivity contribution in [1.29, 1.82) is 0 Å². The minimum absolute atomic E-state index is 0.227. The zero-order valence-corrected chi connectivity index (χ0v) is 17.3. The molecule has 2 aromatic rings. The number of hydrogen-bond acceptors (Lipinski definition) is 6. The maximum absolute atomic E-state index is 6.20. The highest BCUT2D eigenvalue weighted by atomic mass is 16.5. The summed E-state index contributed by atoms with van der Waals surface area (Å²) in [5.74, 6) is 2.76. The zero-order chi connectivity index (χ0) is 20.1. The topological polar surface area (TPSA) is 49.4 Å². The van der Waals surface area contributed by atoms with Crippen LogP contribution in [-0.2, 0) is 16.9 Å². The van der Waals surface area contributed by atoms with Crippen LogP contribution in [0.2, 0.25) is 0 Å². The summed E-state index contributed by atoms with van der Waals surface area (Å²) in [6.45, 7) is 1.66. The van der Waals surface area contributed by atoms with Crippen LogP contribution < -0.4 is 18.9 Å². The van der Waals surface area contributed by atoms with E-state index in [2.05, 4.69) is 25.1 Å². The van der Waals surface area contributed by atoms with Crippen LogP contribution in [0.3, 0.4) is 0 Å². The number of likely N-dealkylation sites (N-methyl/N-ethyl adjacent to an activating group) is 1. The highest BCUT2D eigenvalue weighted by Crippen LogP contribution is 2.41. The molecule has 1 aliphatic rings. The Kier molecular flexibility index (Phi) is 6.31. The number of methoxy groups -OCH3 is 3. The van der Waals surface area contributed by atoms with Crippen molar-refractivity contribution in [2.45, 2.75) is 18.6 Å². The van der Waals surface area contributed by atoms with Gasteiger partial charge in [-0.05, 0) is 37.9 Å².